The molecule has 0 fully saturated rings. The van der Waals surface area contributed by atoms with Crippen molar-refractivity contribution in [2.24, 2.45) is 0 Å². The van der Waals surface area contributed by atoms with E-state index in [4.69, 9.17) is 5.11 Å². The van der Waals surface area contributed by atoms with Crippen LogP contribution in [0.2, 0.25) is 0 Å². The van der Waals surface area contributed by atoms with Gasteiger partial charge in [0.25, 0.3) is 0 Å². The summed E-state index contributed by atoms with van der Waals surface area (Å²) in [6.45, 7) is 4.26. The van der Waals surface area contributed by atoms with Crippen molar-refractivity contribution in [2.75, 3.05) is 5.32 Å². The summed E-state index contributed by atoms with van der Waals surface area (Å²) in [4.78, 5) is 11.0. The Bertz CT molecular complexity index is 653. The summed E-state index contributed by atoms with van der Waals surface area (Å²) in [5, 5.41) is 12.2. The quantitative estimate of drug-likeness (QED) is 0.891. The molecule has 2 N–H and O–H groups in total. The van der Waals surface area contributed by atoms with E-state index in [0.29, 0.717) is 6.54 Å². The third kappa shape index (κ3) is 3.15. The summed E-state index contributed by atoms with van der Waals surface area (Å²) in [5.74, 6) is -1.24. The average molecular weight is 273 g/mol. The number of nitrogens with one attached hydrogen (secondary N) is 1. The van der Waals surface area contributed by atoms with Crippen LogP contribution in [0.4, 0.5) is 10.1 Å². The smallest absolute Gasteiger partial charge is 0.335 e. The number of carboxylic acid groups (broad SMARTS) is 1. The summed E-state index contributed by atoms with van der Waals surface area (Å²) in [6.07, 6.45) is 0. The van der Waals surface area contributed by atoms with Crippen molar-refractivity contribution in [1.82, 2.24) is 0 Å². The summed E-state index contributed by atoms with van der Waals surface area (Å²) in [5.41, 5.74) is 3.77. The van der Waals surface area contributed by atoms with E-state index in [-0.39, 0.29) is 11.4 Å². The molecular weight excluding hydrogens is 257 g/mol. The van der Waals surface area contributed by atoms with Crippen LogP contribution in [0.3, 0.4) is 0 Å². The van der Waals surface area contributed by atoms with Crippen molar-refractivity contribution in [3.05, 3.63) is 64.5 Å². The molecule has 4 heteroatoms. The minimum absolute atomic E-state index is 0.231. The monoisotopic (exact) mass is 273 g/mol. The predicted molar refractivity (Wildman–Crippen MR) is 76.6 cm³/mol. The lowest BCUT2D eigenvalue weighted by Crippen LogP contribution is -2.05. The SMILES string of the molecule is Cc1ccc(F)cc1CNc1cc(C(=O)O)ccc1C. The third-order valence-corrected chi connectivity index (χ3v) is 3.26. The highest BCUT2D eigenvalue weighted by molar-refractivity contribution is 5.89. The molecule has 2 aromatic rings. The van der Waals surface area contributed by atoms with Crippen LogP contribution in [0, 0.1) is 19.7 Å². The van der Waals surface area contributed by atoms with Crippen molar-refractivity contribution in [1.29, 1.82) is 0 Å². The topological polar surface area (TPSA) is 49.3 Å². The lowest BCUT2D eigenvalue weighted by molar-refractivity contribution is 0.0697. The zero-order chi connectivity index (χ0) is 14.7. The molecule has 0 radical (unpaired) electrons. The van der Waals surface area contributed by atoms with E-state index in [1.807, 2.05) is 13.8 Å². The fourth-order valence-corrected chi connectivity index (χ4v) is 1.97. The second-order valence-corrected chi connectivity index (χ2v) is 4.76. The van der Waals surface area contributed by atoms with Gasteiger partial charge in [-0.2, -0.15) is 0 Å². The number of benzene rings is 2. The summed E-state index contributed by atoms with van der Waals surface area (Å²) < 4.78 is 13.2. The van der Waals surface area contributed by atoms with E-state index in [0.717, 1.165) is 22.4 Å². The number of carbonyl (C=O) groups is 1. The van der Waals surface area contributed by atoms with Crippen LogP contribution in [0.1, 0.15) is 27.0 Å². The van der Waals surface area contributed by atoms with E-state index in [2.05, 4.69) is 5.32 Å². The molecular formula is C16H16FNO2. The van der Waals surface area contributed by atoms with Crippen LogP contribution >= 0.6 is 0 Å². The van der Waals surface area contributed by atoms with Crippen molar-refractivity contribution >= 4 is 11.7 Å². The second-order valence-electron chi connectivity index (χ2n) is 4.76. The molecule has 0 spiro atoms. The van der Waals surface area contributed by atoms with E-state index in [1.54, 1.807) is 24.3 Å². The molecule has 0 aliphatic carbocycles. The molecule has 0 bridgehead atoms. The van der Waals surface area contributed by atoms with Crippen LogP contribution in [0.25, 0.3) is 0 Å². The normalized spacial score (nSPS) is 10.3. The Morgan fingerprint density at radius 2 is 1.85 bits per heavy atom. The third-order valence-electron chi connectivity index (χ3n) is 3.26. The number of aryl methyl sites for hydroxylation is 2. The van der Waals surface area contributed by atoms with Crippen LogP contribution < -0.4 is 5.32 Å². The molecule has 0 amide bonds. The van der Waals surface area contributed by atoms with Crippen LogP contribution in [-0.2, 0) is 6.54 Å². The molecule has 0 aromatic heterocycles. The minimum Gasteiger partial charge on any atom is -0.478 e. The average Bonchev–Trinajstić information content (AvgIpc) is 2.41. The first-order valence-corrected chi connectivity index (χ1v) is 6.30. The van der Waals surface area contributed by atoms with Gasteiger partial charge in [-0.1, -0.05) is 12.1 Å². The van der Waals surface area contributed by atoms with Gasteiger partial charge in [0, 0.05) is 12.2 Å². The minimum atomic E-state index is -0.963. The highest BCUT2D eigenvalue weighted by Crippen LogP contribution is 2.19. The summed E-state index contributed by atoms with van der Waals surface area (Å²) >= 11 is 0. The summed E-state index contributed by atoms with van der Waals surface area (Å²) in [7, 11) is 0. The molecule has 0 heterocycles. The number of rotatable bonds is 4. The van der Waals surface area contributed by atoms with Crippen molar-refractivity contribution in [3.63, 3.8) is 0 Å². The van der Waals surface area contributed by atoms with E-state index < -0.39 is 5.97 Å². The van der Waals surface area contributed by atoms with Gasteiger partial charge in [0.2, 0.25) is 0 Å². The zero-order valence-corrected chi connectivity index (χ0v) is 11.4. The second kappa shape index (κ2) is 5.74. The standard InChI is InChI=1S/C16H16FNO2/c1-10-4-6-14(17)7-13(10)9-18-15-8-12(16(19)20)5-3-11(15)2/h3-8,18H,9H2,1-2H3,(H,19,20). The van der Waals surface area contributed by atoms with Gasteiger partial charge in [0.1, 0.15) is 5.82 Å². The highest BCUT2D eigenvalue weighted by Gasteiger charge is 2.07. The molecule has 104 valence electrons. The lowest BCUT2D eigenvalue weighted by Gasteiger charge is -2.12. The Morgan fingerprint density at radius 1 is 1.15 bits per heavy atom. The van der Waals surface area contributed by atoms with E-state index in [9.17, 15) is 9.18 Å². The molecule has 0 aliphatic heterocycles. The van der Waals surface area contributed by atoms with Gasteiger partial charge in [-0.15, -0.1) is 0 Å². The number of anilines is 1. The predicted octanol–water partition coefficient (Wildman–Crippen LogP) is 3.75. The van der Waals surface area contributed by atoms with E-state index >= 15 is 0 Å². The molecule has 0 atom stereocenters. The molecule has 3 nitrogen and oxygen atoms in total. The fraction of sp³-hybridized carbons (Fsp3) is 0.188. The largest absolute Gasteiger partial charge is 0.478 e. The number of hydrogen-bond acceptors (Lipinski definition) is 2. The van der Waals surface area contributed by atoms with Crippen LogP contribution in [0.15, 0.2) is 36.4 Å². The zero-order valence-electron chi connectivity index (χ0n) is 11.4. The van der Waals surface area contributed by atoms with Crippen molar-refractivity contribution in [2.45, 2.75) is 20.4 Å². The Kier molecular flexibility index (Phi) is 4.03. The van der Waals surface area contributed by atoms with Gasteiger partial charge in [-0.3, -0.25) is 0 Å². The Hall–Kier alpha value is -2.36. The number of hydrogen-bond donors (Lipinski definition) is 2. The van der Waals surface area contributed by atoms with Gasteiger partial charge in [-0.25, -0.2) is 9.18 Å². The first-order chi connectivity index (χ1) is 9.47. The van der Waals surface area contributed by atoms with Crippen molar-refractivity contribution in [3.8, 4) is 0 Å². The van der Waals surface area contributed by atoms with Crippen LogP contribution in [0.5, 0.6) is 0 Å². The maximum absolute atomic E-state index is 13.2. The Labute approximate surface area is 117 Å². The van der Waals surface area contributed by atoms with Gasteiger partial charge in [-0.05, 0) is 54.8 Å². The lowest BCUT2D eigenvalue weighted by atomic mass is 10.1. The molecule has 20 heavy (non-hydrogen) atoms. The maximum atomic E-state index is 13.2. The van der Waals surface area contributed by atoms with E-state index in [1.165, 1.54) is 12.1 Å². The van der Waals surface area contributed by atoms with Gasteiger partial charge >= 0.3 is 5.97 Å². The molecule has 2 aromatic carbocycles. The Morgan fingerprint density at radius 3 is 2.55 bits per heavy atom. The van der Waals surface area contributed by atoms with Gasteiger partial charge < -0.3 is 10.4 Å². The Balaban J connectivity index is 2.20. The molecule has 0 aliphatic rings. The number of halogens is 1. The first kappa shape index (κ1) is 14.1. The number of aromatic carboxylic acids is 1. The maximum Gasteiger partial charge on any atom is 0.335 e. The molecule has 0 saturated carbocycles. The molecule has 0 unspecified atom stereocenters. The number of carboxylic acids is 1. The van der Waals surface area contributed by atoms with Gasteiger partial charge in [0.15, 0.2) is 0 Å². The fourth-order valence-electron chi connectivity index (χ4n) is 1.97. The summed E-state index contributed by atoms with van der Waals surface area (Å²) in [6, 6.07) is 9.55. The first-order valence-electron chi connectivity index (χ1n) is 6.30. The van der Waals surface area contributed by atoms with Crippen molar-refractivity contribution < 1.29 is 14.3 Å². The highest BCUT2D eigenvalue weighted by atomic mass is 19.1. The molecule has 0 saturated heterocycles. The molecule has 2 rings (SSSR count). The van der Waals surface area contributed by atoms with Gasteiger partial charge in [0.05, 0.1) is 5.56 Å². The van der Waals surface area contributed by atoms with Crippen LogP contribution in [-0.4, -0.2) is 11.1 Å².